The van der Waals surface area contributed by atoms with Gasteiger partial charge in [0.25, 0.3) is 0 Å². The van der Waals surface area contributed by atoms with Gasteiger partial charge in [-0.3, -0.25) is 0 Å². The highest BCUT2D eigenvalue weighted by Gasteiger charge is 2.01. The number of halogens is 1. The average molecular weight is 271 g/mol. The van der Waals surface area contributed by atoms with Gasteiger partial charge >= 0.3 is 0 Å². The Kier molecular flexibility index (Phi) is 2.67. The Balaban J connectivity index is 2.69. The predicted molar refractivity (Wildman–Crippen MR) is 60.7 cm³/mol. The third kappa shape index (κ3) is 1.87. The van der Waals surface area contributed by atoms with Gasteiger partial charge in [0.05, 0.1) is 4.90 Å². The molecule has 1 unspecified atom stereocenters. The van der Waals surface area contributed by atoms with Crippen molar-refractivity contribution in [2.75, 3.05) is 0 Å². The first-order chi connectivity index (χ1) is 6.66. The van der Waals surface area contributed by atoms with Crippen molar-refractivity contribution in [1.29, 1.82) is 0 Å². The Hall–Kier alpha value is -0.710. The molecule has 72 valence electrons. The Morgan fingerprint density at radius 2 is 1.79 bits per heavy atom. The van der Waals surface area contributed by atoms with Gasteiger partial charge in [-0.1, -0.05) is 28.1 Å². The lowest BCUT2D eigenvalue weighted by Gasteiger charge is -2.00. The van der Waals surface area contributed by atoms with Crippen LogP contribution in [0.5, 0.6) is 0 Å². The number of hydrogen-bond donors (Lipinski definition) is 1. The summed E-state index contributed by atoms with van der Waals surface area (Å²) in [6, 6.07) is 11.0. The van der Waals surface area contributed by atoms with E-state index in [1.165, 1.54) is 0 Å². The second-order valence-corrected chi connectivity index (χ2v) is 4.79. The van der Waals surface area contributed by atoms with Crippen LogP contribution in [-0.2, 0) is 11.1 Å². The largest absolute Gasteiger partial charge is 0.302 e. The Morgan fingerprint density at radius 1 is 1.07 bits per heavy atom. The summed E-state index contributed by atoms with van der Waals surface area (Å²) < 4.78 is 20.7. The van der Waals surface area contributed by atoms with E-state index in [-0.39, 0.29) is 0 Å². The van der Waals surface area contributed by atoms with Crippen molar-refractivity contribution in [2.45, 2.75) is 4.90 Å². The Bertz CT molecular complexity index is 510. The summed E-state index contributed by atoms with van der Waals surface area (Å²) >= 11 is 1.45. The predicted octanol–water partition coefficient (Wildman–Crippen LogP) is 3.18. The van der Waals surface area contributed by atoms with E-state index in [9.17, 15) is 4.21 Å². The van der Waals surface area contributed by atoms with Gasteiger partial charge in [-0.15, -0.1) is 0 Å². The molecule has 1 atom stereocenters. The maximum absolute atomic E-state index is 10.8. The minimum absolute atomic E-state index is 0.426. The first kappa shape index (κ1) is 9.83. The molecule has 0 amide bonds. The van der Waals surface area contributed by atoms with Gasteiger partial charge in [0.15, 0.2) is 11.1 Å². The number of benzene rings is 2. The fraction of sp³-hybridized carbons (Fsp3) is 0. The zero-order valence-electron chi connectivity index (χ0n) is 7.11. The molecule has 0 heterocycles. The Morgan fingerprint density at radius 3 is 2.50 bits per heavy atom. The third-order valence-corrected chi connectivity index (χ3v) is 3.13. The topological polar surface area (TPSA) is 37.3 Å². The van der Waals surface area contributed by atoms with Crippen LogP contribution in [0.2, 0.25) is 0 Å². The molecule has 0 spiro atoms. The molecule has 0 radical (unpaired) electrons. The first-order valence-electron chi connectivity index (χ1n) is 3.97. The molecule has 1 N–H and O–H groups in total. The van der Waals surface area contributed by atoms with Crippen molar-refractivity contribution in [3.8, 4) is 0 Å². The molecule has 2 rings (SSSR count). The SMILES string of the molecule is O=S(O)c1ccc2ccc(Br)cc2c1. The first-order valence-corrected chi connectivity index (χ1v) is 5.87. The summed E-state index contributed by atoms with van der Waals surface area (Å²) in [6.45, 7) is 0. The van der Waals surface area contributed by atoms with Crippen LogP contribution < -0.4 is 0 Å². The van der Waals surface area contributed by atoms with Gasteiger partial charge in [0.1, 0.15) is 0 Å². The second-order valence-electron chi connectivity index (χ2n) is 2.90. The van der Waals surface area contributed by atoms with Crippen LogP contribution in [0.3, 0.4) is 0 Å². The van der Waals surface area contributed by atoms with Gasteiger partial charge in [0, 0.05) is 4.47 Å². The molecule has 2 nitrogen and oxygen atoms in total. The molecule has 0 saturated heterocycles. The summed E-state index contributed by atoms with van der Waals surface area (Å²) in [4.78, 5) is 0.426. The van der Waals surface area contributed by atoms with Crippen molar-refractivity contribution < 1.29 is 8.76 Å². The molecular weight excluding hydrogens is 264 g/mol. The molecule has 2 aromatic rings. The summed E-state index contributed by atoms with van der Waals surface area (Å²) in [5, 5.41) is 2.02. The normalized spacial score (nSPS) is 13.0. The van der Waals surface area contributed by atoms with Gasteiger partial charge in [0.2, 0.25) is 0 Å². The molecule has 0 aromatic heterocycles. The molecule has 0 fully saturated rings. The summed E-state index contributed by atoms with van der Waals surface area (Å²) in [5.41, 5.74) is 0. The minimum atomic E-state index is -1.91. The lowest BCUT2D eigenvalue weighted by molar-refractivity contribution is 0.564. The van der Waals surface area contributed by atoms with Crippen LogP contribution in [0, 0.1) is 0 Å². The van der Waals surface area contributed by atoms with E-state index in [1.54, 1.807) is 12.1 Å². The smallest absolute Gasteiger partial charge is 0.186 e. The van der Waals surface area contributed by atoms with Crippen LogP contribution in [0.15, 0.2) is 45.8 Å². The van der Waals surface area contributed by atoms with Crippen molar-refractivity contribution in [1.82, 2.24) is 0 Å². The van der Waals surface area contributed by atoms with E-state index in [1.807, 2.05) is 24.3 Å². The van der Waals surface area contributed by atoms with Crippen LogP contribution in [0.4, 0.5) is 0 Å². The molecule has 0 aliphatic carbocycles. The number of fused-ring (bicyclic) bond motifs is 1. The van der Waals surface area contributed by atoms with Crippen molar-refractivity contribution in [3.05, 3.63) is 40.9 Å². The van der Waals surface area contributed by atoms with E-state index < -0.39 is 11.1 Å². The molecule has 0 bridgehead atoms. The zero-order chi connectivity index (χ0) is 10.1. The molecule has 2 aromatic carbocycles. The van der Waals surface area contributed by atoms with Gasteiger partial charge in [-0.25, -0.2) is 4.21 Å². The monoisotopic (exact) mass is 270 g/mol. The summed E-state index contributed by atoms with van der Waals surface area (Å²) in [7, 11) is 0. The second kappa shape index (κ2) is 3.81. The number of hydrogen-bond acceptors (Lipinski definition) is 1. The summed E-state index contributed by atoms with van der Waals surface area (Å²) in [6.07, 6.45) is 0. The van der Waals surface area contributed by atoms with E-state index in [0.717, 1.165) is 15.2 Å². The van der Waals surface area contributed by atoms with Crippen molar-refractivity contribution in [2.24, 2.45) is 0 Å². The van der Waals surface area contributed by atoms with E-state index in [0.29, 0.717) is 4.90 Å². The molecule has 0 saturated carbocycles. The van der Waals surface area contributed by atoms with Crippen LogP contribution >= 0.6 is 15.9 Å². The highest BCUT2D eigenvalue weighted by atomic mass is 79.9. The van der Waals surface area contributed by atoms with Crippen LogP contribution in [-0.4, -0.2) is 8.76 Å². The lowest BCUT2D eigenvalue weighted by Crippen LogP contribution is -1.87. The Labute approximate surface area is 92.4 Å². The maximum atomic E-state index is 10.8. The molecule has 0 aliphatic heterocycles. The third-order valence-electron chi connectivity index (χ3n) is 1.98. The zero-order valence-corrected chi connectivity index (χ0v) is 9.51. The quantitative estimate of drug-likeness (QED) is 0.809. The van der Waals surface area contributed by atoms with E-state index >= 15 is 0 Å². The average Bonchev–Trinajstić information content (AvgIpc) is 2.16. The fourth-order valence-electron chi connectivity index (χ4n) is 1.30. The molecular formula is C10H7BrO2S. The number of rotatable bonds is 1. The highest BCUT2D eigenvalue weighted by molar-refractivity contribution is 9.10. The van der Waals surface area contributed by atoms with Gasteiger partial charge < -0.3 is 4.55 Å². The molecule has 0 aliphatic rings. The molecule has 4 heteroatoms. The van der Waals surface area contributed by atoms with Crippen LogP contribution in [0.25, 0.3) is 10.8 Å². The standard InChI is InChI=1S/C10H7BrO2S/c11-9-3-1-7-2-4-10(14(12)13)6-8(7)5-9/h1-6H,(H,12,13). The van der Waals surface area contributed by atoms with E-state index in [2.05, 4.69) is 15.9 Å². The van der Waals surface area contributed by atoms with Crippen LogP contribution in [0.1, 0.15) is 0 Å². The lowest BCUT2D eigenvalue weighted by atomic mass is 10.1. The highest BCUT2D eigenvalue weighted by Crippen LogP contribution is 2.21. The van der Waals surface area contributed by atoms with Crippen molar-refractivity contribution >= 4 is 37.8 Å². The van der Waals surface area contributed by atoms with Gasteiger partial charge in [-0.05, 0) is 35.0 Å². The minimum Gasteiger partial charge on any atom is -0.302 e. The maximum Gasteiger partial charge on any atom is 0.186 e. The fourth-order valence-corrected chi connectivity index (χ4v) is 2.10. The summed E-state index contributed by atoms with van der Waals surface area (Å²) in [5.74, 6) is 0. The molecule has 14 heavy (non-hydrogen) atoms. The van der Waals surface area contributed by atoms with Gasteiger partial charge in [-0.2, -0.15) is 0 Å². The van der Waals surface area contributed by atoms with Crippen molar-refractivity contribution in [3.63, 3.8) is 0 Å². The van der Waals surface area contributed by atoms with E-state index in [4.69, 9.17) is 4.55 Å².